The summed E-state index contributed by atoms with van der Waals surface area (Å²) in [5.41, 5.74) is 2.01. The number of benzene rings is 2. The first-order valence-electron chi connectivity index (χ1n) is 7.90. The molecule has 6 heteroatoms. The van der Waals surface area contributed by atoms with Crippen LogP contribution in [0.5, 0.6) is 0 Å². The maximum absolute atomic E-state index is 12.5. The van der Waals surface area contributed by atoms with Crippen LogP contribution < -0.4 is 10.6 Å². The number of hydrogen-bond donors (Lipinski definition) is 2. The lowest BCUT2D eigenvalue weighted by molar-refractivity contribution is 0.101. The minimum Gasteiger partial charge on any atom is -0.322 e. The summed E-state index contributed by atoms with van der Waals surface area (Å²) < 4.78 is 0. The molecule has 3 rings (SSSR count). The van der Waals surface area contributed by atoms with Gasteiger partial charge in [0.2, 0.25) is 0 Å². The molecule has 0 aliphatic rings. The van der Waals surface area contributed by atoms with Gasteiger partial charge in [-0.25, -0.2) is 0 Å². The van der Waals surface area contributed by atoms with Crippen LogP contribution in [0.2, 0.25) is 0 Å². The minimum absolute atomic E-state index is 0.0700. The van der Waals surface area contributed by atoms with Crippen LogP contribution in [0, 0.1) is 0 Å². The van der Waals surface area contributed by atoms with Gasteiger partial charge in [-0.05, 0) is 48.7 Å². The fourth-order valence-corrected chi connectivity index (χ4v) is 2.98. The lowest BCUT2D eigenvalue weighted by Gasteiger charge is -2.09. The first-order chi connectivity index (χ1) is 12.5. The van der Waals surface area contributed by atoms with E-state index in [1.165, 1.54) is 18.3 Å². The zero-order chi connectivity index (χ0) is 18.5. The second-order valence-electron chi connectivity index (χ2n) is 5.60. The second kappa shape index (κ2) is 7.76. The Morgan fingerprint density at radius 3 is 2.00 bits per heavy atom. The van der Waals surface area contributed by atoms with E-state index in [0.717, 1.165) is 0 Å². The molecule has 0 unspecified atom stereocenters. The van der Waals surface area contributed by atoms with E-state index in [2.05, 4.69) is 10.6 Å². The molecular weight excluding hydrogens is 348 g/mol. The van der Waals surface area contributed by atoms with Crippen LogP contribution in [0.1, 0.15) is 37.3 Å². The number of carbonyl (C=O) groups is 3. The van der Waals surface area contributed by atoms with Crippen molar-refractivity contribution < 1.29 is 14.4 Å². The van der Waals surface area contributed by atoms with E-state index in [1.807, 2.05) is 5.38 Å². The van der Waals surface area contributed by atoms with E-state index in [4.69, 9.17) is 0 Å². The average Bonchev–Trinajstić information content (AvgIpc) is 3.17. The summed E-state index contributed by atoms with van der Waals surface area (Å²) in [4.78, 5) is 36.6. The van der Waals surface area contributed by atoms with Crippen molar-refractivity contribution in [2.24, 2.45) is 0 Å². The molecule has 2 N–H and O–H groups in total. The summed E-state index contributed by atoms with van der Waals surface area (Å²) in [6.45, 7) is 1.47. The predicted octanol–water partition coefficient (Wildman–Crippen LogP) is 4.46. The summed E-state index contributed by atoms with van der Waals surface area (Å²) in [5.74, 6) is -0.607. The monoisotopic (exact) mass is 364 g/mol. The number of thiophene rings is 1. The van der Waals surface area contributed by atoms with E-state index in [9.17, 15) is 14.4 Å². The number of hydrogen-bond acceptors (Lipinski definition) is 4. The van der Waals surface area contributed by atoms with Crippen molar-refractivity contribution in [1.82, 2.24) is 0 Å². The van der Waals surface area contributed by atoms with E-state index >= 15 is 0 Å². The van der Waals surface area contributed by atoms with Gasteiger partial charge < -0.3 is 10.6 Å². The molecule has 1 aromatic heterocycles. The normalized spacial score (nSPS) is 10.2. The number of rotatable bonds is 5. The smallest absolute Gasteiger partial charge is 0.265 e. The standard InChI is InChI=1S/C20H16N2O3S/c1-13(23)14-5-2-7-16(11-14)21-19(24)15-6-3-8-17(12-15)22-20(25)18-9-4-10-26-18/h2-12H,1H3,(H,21,24)(H,22,25). The van der Waals surface area contributed by atoms with E-state index in [-0.39, 0.29) is 17.6 Å². The SMILES string of the molecule is CC(=O)c1cccc(NC(=O)c2cccc(NC(=O)c3cccs3)c2)c1. The Morgan fingerprint density at radius 2 is 1.38 bits per heavy atom. The molecular formula is C20H16N2O3S. The molecule has 0 saturated heterocycles. The lowest BCUT2D eigenvalue weighted by Crippen LogP contribution is -2.14. The topological polar surface area (TPSA) is 75.3 Å². The van der Waals surface area contributed by atoms with Crippen molar-refractivity contribution in [2.45, 2.75) is 6.92 Å². The number of anilines is 2. The average molecular weight is 364 g/mol. The first kappa shape index (κ1) is 17.6. The highest BCUT2D eigenvalue weighted by Gasteiger charge is 2.11. The quantitative estimate of drug-likeness (QED) is 0.657. The van der Waals surface area contributed by atoms with Crippen LogP contribution in [0.25, 0.3) is 0 Å². The molecule has 0 aliphatic carbocycles. The molecule has 0 aliphatic heterocycles. The van der Waals surface area contributed by atoms with Gasteiger partial charge in [-0.2, -0.15) is 0 Å². The number of ketones is 1. The van der Waals surface area contributed by atoms with Crippen LogP contribution in [0.15, 0.2) is 66.0 Å². The van der Waals surface area contributed by atoms with Crippen LogP contribution >= 0.6 is 11.3 Å². The van der Waals surface area contributed by atoms with Crippen molar-refractivity contribution in [3.8, 4) is 0 Å². The molecule has 2 amide bonds. The summed E-state index contributed by atoms with van der Waals surface area (Å²) >= 11 is 1.35. The van der Waals surface area contributed by atoms with E-state index in [1.54, 1.807) is 60.7 Å². The molecule has 26 heavy (non-hydrogen) atoms. The van der Waals surface area contributed by atoms with Crippen molar-refractivity contribution in [1.29, 1.82) is 0 Å². The fourth-order valence-electron chi connectivity index (χ4n) is 2.36. The molecule has 0 fully saturated rings. The third-order valence-electron chi connectivity index (χ3n) is 3.65. The van der Waals surface area contributed by atoms with Crippen molar-refractivity contribution in [3.63, 3.8) is 0 Å². The highest BCUT2D eigenvalue weighted by molar-refractivity contribution is 7.12. The Labute approximate surface area is 154 Å². The Bertz CT molecular complexity index is 965. The molecule has 2 aromatic carbocycles. The van der Waals surface area contributed by atoms with Gasteiger partial charge in [0, 0.05) is 22.5 Å². The van der Waals surface area contributed by atoms with Crippen molar-refractivity contribution in [3.05, 3.63) is 82.0 Å². The second-order valence-corrected chi connectivity index (χ2v) is 6.55. The third kappa shape index (κ3) is 4.23. The van der Waals surface area contributed by atoms with Gasteiger partial charge >= 0.3 is 0 Å². The van der Waals surface area contributed by atoms with Crippen LogP contribution in [0.3, 0.4) is 0 Å². The summed E-state index contributed by atoms with van der Waals surface area (Å²) in [5, 5.41) is 7.36. The Morgan fingerprint density at radius 1 is 0.769 bits per heavy atom. The Hall–Kier alpha value is -3.25. The number of carbonyl (C=O) groups excluding carboxylic acids is 3. The number of amides is 2. The maximum Gasteiger partial charge on any atom is 0.265 e. The predicted molar refractivity (Wildman–Crippen MR) is 103 cm³/mol. The third-order valence-corrected chi connectivity index (χ3v) is 4.52. The summed E-state index contributed by atoms with van der Waals surface area (Å²) in [6.07, 6.45) is 0. The minimum atomic E-state index is -0.321. The van der Waals surface area contributed by atoms with Crippen LogP contribution in [-0.4, -0.2) is 17.6 Å². The zero-order valence-electron chi connectivity index (χ0n) is 14.0. The number of nitrogens with one attached hydrogen (secondary N) is 2. The molecule has 5 nitrogen and oxygen atoms in total. The lowest BCUT2D eigenvalue weighted by atomic mass is 10.1. The number of Topliss-reactive ketones (excluding diaryl/α,β-unsaturated/α-hetero) is 1. The zero-order valence-corrected chi connectivity index (χ0v) is 14.8. The Kier molecular flexibility index (Phi) is 5.24. The molecule has 3 aromatic rings. The largest absolute Gasteiger partial charge is 0.322 e. The highest BCUT2D eigenvalue weighted by atomic mass is 32.1. The summed E-state index contributed by atoms with van der Waals surface area (Å²) in [6, 6.07) is 17.0. The first-order valence-corrected chi connectivity index (χ1v) is 8.78. The van der Waals surface area contributed by atoms with Gasteiger partial charge in [-0.15, -0.1) is 11.3 Å². The highest BCUT2D eigenvalue weighted by Crippen LogP contribution is 2.17. The van der Waals surface area contributed by atoms with Crippen molar-refractivity contribution >= 4 is 40.3 Å². The van der Waals surface area contributed by atoms with Gasteiger partial charge in [-0.3, -0.25) is 14.4 Å². The van der Waals surface area contributed by atoms with Gasteiger partial charge in [0.25, 0.3) is 11.8 Å². The van der Waals surface area contributed by atoms with Crippen LogP contribution in [0.4, 0.5) is 11.4 Å². The van der Waals surface area contributed by atoms with Crippen molar-refractivity contribution in [2.75, 3.05) is 10.6 Å². The molecule has 0 spiro atoms. The molecule has 130 valence electrons. The van der Waals surface area contributed by atoms with Gasteiger partial charge in [0.05, 0.1) is 4.88 Å². The van der Waals surface area contributed by atoms with E-state index < -0.39 is 0 Å². The van der Waals surface area contributed by atoms with Crippen LogP contribution in [-0.2, 0) is 0 Å². The molecule has 0 radical (unpaired) electrons. The summed E-state index contributed by atoms with van der Waals surface area (Å²) in [7, 11) is 0. The molecule has 0 bridgehead atoms. The molecule has 0 atom stereocenters. The van der Waals surface area contributed by atoms with E-state index in [0.29, 0.717) is 27.4 Å². The maximum atomic E-state index is 12.5. The molecule has 1 heterocycles. The Balaban J connectivity index is 1.73. The van der Waals surface area contributed by atoms with Gasteiger partial charge in [-0.1, -0.05) is 24.3 Å². The molecule has 0 saturated carbocycles. The van der Waals surface area contributed by atoms with Gasteiger partial charge in [0.1, 0.15) is 0 Å². The van der Waals surface area contributed by atoms with Gasteiger partial charge in [0.15, 0.2) is 5.78 Å². The fraction of sp³-hybridized carbons (Fsp3) is 0.0500.